The zero-order valence-electron chi connectivity index (χ0n) is 10.9. The topological polar surface area (TPSA) is 61.4 Å². The van der Waals surface area contributed by atoms with Gasteiger partial charge in [0, 0.05) is 19.6 Å². The Kier molecular flexibility index (Phi) is 7.21. The highest BCUT2D eigenvalue weighted by Gasteiger charge is 2.17. The molecule has 0 saturated carbocycles. The summed E-state index contributed by atoms with van der Waals surface area (Å²) in [6.07, 6.45) is 4.68. The van der Waals surface area contributed by atoms with E-state index in [9.17, 15) is 4.79 Å². The van der Waals surface area contributed by atoms with E-state index in [-0.39, 0.29) is 12.5 Å². The first-order valence-corrected chi connectivity index (χ1v) is 6.84. The fraction of sp³-hybridized carbons (Fsp3) is 0.923. The maximum Gasteiger partial charge on any atom is 0.220 e. The van der Waals surface area contributed by atoms with Gasteiger partial charge in [0.1, 0.15) is 0 Å². The summed E-state index contributed by atoms with van der Waals surface area (Å²) in [6, 6.07) is 0. The van der Waals surface area contributed by atoms with Gasteiger partial charge in [-0.1, -0.05) is 13.3 Å². The Hall–Kier alpha value is -0.610. The molecule has 0 spiro atoms. The molecular weight excluding hydrogens is 216 g/mol. The Morgan fingerprint density at radius 1 is 1.47 bits per heavy atom. The number of carbonyl (C=O) groups excluding carboxylic acids is 1. The molecule has 0 bridgehead atoms. The number of piperidine rings is 1. The molecule has 1 aliphatic rings. The predicted octanol–water partition coefficient (Wildman–Crippen LogP) is 0.901. The largest absolute Gasteiger partial charge is 0.396 e. The van der Waals surface area contributed by atoms with Crippen LogP contribution >= 0.6 is 0 Å². The molecular formula is C13H26N2O2. The molecule has 1 unspecified atom stereocenters. The van der Waals surface area contributed by atoms with Crippen LogP contribution in [0.15, 0.2) is 0 Å². The Balaban J connectivity index is 2.14. The van der Waals surface area contributed by atoms with Crippen LogP contribution in [0.5, 0.6) is 0 Å². The van der Waals surface area contributed by atoms with Crippen LogP contribution in [0.4, 0.5) is 0 Å². The van der Waals surface area contributed by atoms with Crippen molar-refractivity contribution in [1.82, 2.24) is 10.6 Å². The third-order valence-electron chi connectivity index (χ3n) is 3.64. The summed E-state index contributed by atoms with van der Waals surface area (Å²) >= 11 is 0. The number of hydrogen-bond donors (Lipinski definition) is 3. The van der Waals surface area contributed by atoms with Crippen molar-refractivity contribution < 1.29 is 9.90 Å². The van der Waals surface area contributed by atoms with Gasteiger partial charge in [0.15, 0.2) is 0 Å². The van der Waals surface area contributed by atoms with Crippen molar-refractivity contribution in [1.29, 1.82) is 0 Å². The van der Waals surface area contributed by atoms with Crippen molar-refractivity contribution in [3.8, 4) is 0 Å². The number of rotatable bonds is 7. The van der Waals surface area contributed by atoms with Crippen molar-refractivity contribution >= 4 is 5.91 Å². The van der Waals surface area contributed by atoms with Gasteiger partial charge in [-0.05, 0) is 44.2 Å². The number of aliphatic hydroxyl groups is 1. The zero-order chi connectivity index (χ0) is 12.5. The van der Waals surface area contributed by atoms with Crippen LogP contribution in [0.3, 0.4) is 0 Å². The fourth-order valence-corrected chi connectivity index (χ4v) is 2.31. The molecule has 0 aromatic heterocycles. The van der Waals surface area contributed by atoms with E-state index < -0.39 is 0 Å². The highest BCUT2D eigenvalue weighted by molar-refractivity contribution is 5.76. The average Bonchev–Trinajstić information content (AvgIpc) is 2.35. The molecule has 3 N–H and O–H groups in total. The average molecular weight is 242 g/mol. The van der Waals surface area contributed by atoms with Crippen molar-refractivity contribution in [3.05, 3.63) is 0 Å². The van der Waals surface area contributed by atoms with Crippen LogP contribution in [-0.2, 0) is 4.79 Å². The lowest BCUT2D eigenvalue weighted by atomic mass is 9.94. The first kappa shape index (κ1) is 14.5. The number of hydrogen-bond acceptors (Lipinski definition) is 3. The fourth-order valence-electron chi connectivity index (χ4n) is 2.31. The lowest BCUT2D eigenvalue weighted by molar-refractivity contribution is -0.122. The van der Waals surface area contributed by atoms with E-state index in [1.54, 1.807) is 0 Å². The summed E-state index contributed by atoms with van der Waals surface area (Å²) in [6.45, 7) is 5.10. The predicted molar refractivity (Wildman–Crippen MR) is 68.7 cm³/mol. The van der Waals surface area contributed by atoms with E-state index >= 15 is 0 Å². The summed E-state index contributed by atoms with van der Waals surface area (Å²) in [5.74, 6) is 1.14. The Morgan fingerprint density at radius 2 is 2.18 bits per heavy atom. The van der Waals surface area contributed by atoms with Crippen LogP contribution in [0.1, 0.15) is 39.0 Å². The molecule has 1 aliphatic heterocycles. The molecule has 0 aromatic rings. The zero-order valence-corrected chi connectivity index (χ0v) is 10.9. The van der Waals surface area contributed by atoms with Gasteiger partial charge < -0.3 is 15.7 Å². The molecule has 1 rings (SSSR count). The van der Waals surface area contributed by atoms with Gasteiger partial charge >= 0.3 is 0 Å². The molecule has 0 aliphatic carbocycles. The van der Waals surface area contributed by atoms with Crippen LogP contribution < -0.4 is 10.6 Å². The second kappa shape index (κ2) is 8.48. The highest BCUT2D eigenvalue weighted by Crippen LogP contribution is 2.15. The van der Waals surface area contributed by atoms with E-state index in [4.69, 9.17) is 5.11 Å². The Labute approximate surface area is 104 Å². The van der Waals surface area contributed by atoms with Crippen LogP contribution in [0.25, 0.3) is 0 Å². The van der Waals surface area contributed by atoms with Gasteiger partial charge in [0.25, 0.3) is 0 Å². The normalized spacial score (nSPS) is 18.9. The molecule has 1 heterocycles. The van der Waals surface area contributed by atoms with Gasteiger partial charge in [-0.3, -0.25) is 4.79 Å². The first-order chi connectivity index (χ1) is 8.26. The second-order valence-electron chi connectivity index (χ2n) is 4.99. The van der Waals surface area contributed by atoms with E-state index in [2.05, 4.69) is 17.6 Å². The van der Waals surface area contributed by atoms with Gasteiger partial charge in [-0.25, -0.2) is 0 Å². The third kappa shape index (κ3) is 6.03. The third-order valence-corrected chi connectivity index (χ3v) is 3.64. The summed E-state index contributed by atoms with van der Waals surface area (Å²) < 4.78 is 0. The van der Waals surface area contributed by atoms with Crippen LogP contribution in [0, 0.1) is 11.8 Å². The number of nitrogens with one attached hydrogen (secondary N) is 2. The van der Waals surface area contributed by atoms with Gasteiger partial charge in [0.05, 0.1) is 0 Å². The molecule has 1 atom stereocenters. The van der Waals surface area contributed by atoms with E-state index in [1.165, 1.54) is 0 Å². The van der Waals surface area contributed by atoms with Crippen LogP contribution in [0.2, 0.25) is 0 Å². The molecule has 1 fully saturated rings. The molecule has 1 saturated heterocycles. The summed E-state index contributed by atoms with van der Waals surface area (Å²) in [5, 5.41) is 15.2. The molecule has 0 aromatic carbocycles. The Bertz CT molecular complexity index is 215. The lowest BCUT2D eigenvalue weighted by Crippen LogP contribution is -2.34. The molecule has 4 heteroatoms. The molecule has 100 valence electrons. The summed E-state index contributed by atoms with van der Waals surface area (Å²) in [7, 11) is 0. The minimum absolute atomic E-state index is 0.174. The summed E-state index contributed by atoms with van der Waals surface area (Å²) in [4.78, 5) is 11.7. The monoisotopic (exact) mass is 242 g/mol. The highest BCUT2D eigenvalue weighted by atomic mass is 16.3. The number of amides is 1. The van der Waals surface area contributed by atoms with Gasteiger partial charge in [-0.15, -0.1) is 0 Å². The van der Waals surface area contributed by atoms with Crippen molar-refractivity contribution in [2.45, 2.75) is 39.0 Å². The van der Waals surface area contributed by atoms with Crippen molar-refractivity contribution in [2.24, 2.45) is 11.8 Å². The molecule has 4 nitrogen and oxygen atoms in total. The minimum atomic E-state index is 0.174. The van der Waals surface area contributed by atoms with Gasteiger partial charge in [0.2, 0.25) is 5.91 Å². The molecule has 17 heavy (non-hydrogen) atoms. The maximum atomic E-state index is 11.7. The van der Waals surface area contributed by atoms with E-state index in [0.717, 1.165) is 38.8 Å². The SMILES string of the molecule is CCC(CCO)CNC(=O)CC1CCNCC1. The van der Waals surface area contributed by atoms with E-state index in [0.29, 0.717) is 24.8 Å². The lowest BCUT2D eigenvalue weighted by Gasteiger charge is -2.22. The Morgan fingerprint density at radius 3 is 2.76 bits per heavy atom. The van der Waals surface area contributed by atoms with Crippen molar-refractivity contribution in [3.63, 3.8) is 0 Å². The number of aliphatic hydroxyl groups excluding tert-OH is 1. The van der Waals surface area contributed by atoms with Gasteiger partial charge in [-0.2, -0.15) is 0 Å². The molecule has 0 radical (unpaired) electrons. The smallest absolute Gasteiger partial charge is 0.220 e. The maximum absolute atomic E-state index is 11.7. The number of carbonyl (C=O) groups is 1. The molecule has 1 amide bonds. The van der Waals surface area contributed by atoms with Crippen molar-refractivity contribution in [2.75, 3.05) is 26.2 Å². The summed E-state index contributed by atoms with van der Waals surface area (Å²) in [5.41, 5.74) is 0. The van der Waals surface area contributed by atoms with Crippen LogP contribution in [-0.4, -0.2) is 37.3 Å². The minimum Gasteiger partial charge on any atom is -0.396 e. The first-order valence-electron chi connectivity index (χ1n) is 6.84. The second-order valence-corrected chi connectivity index (χ2v) is 4.99. The quantitative estimate of drug-likeness (QED) is 0.621. The standard InChI is InChI=1S/C13H26N2O2/c1-2-11(5-8-16)10-15-13(17)9-12-3-6-14-7-4-12/h11-12,14,16H,2-10H2,1H3,(H,15,17). The van der Waals surface area contributed by atoms with E-state index in [1.807, 2.05) is 0 Å².